The zero-order valence-electron chi connectivity index (χ0n) is 26.4. The molecular formula is C35H39ClN6O4. The molecule has 0 saturated carbocycles. The number of anilines is 3. The van der Waals surface area contributed by atoms with Gasteiger partial charge in [0.25, 0.3) is 5.91 Å². The Labute approximate surface area is 273 Å². The second-order valence-electron chi connectivity index (χ2n) is 11.6. The zero-order chi connectivity index (χ0) is 32.4. The van der Waals surface area contributed by atoms with Gasteiger partial charge in [-0.2, -0.15) is 0 Å². The molecule has 1 fully saturated rings. The van der Waals surface area contributed by atoms with Gasteiger partial charge in [0.1, 0.15) is 11.4 Å². The molecule has 2 aromatic heterocycles. The van der Waals surface area contributed by atoms with Crippen LogP contribution in [-0.4, -0.2) is 67.5 Å². The highest BCUT2D eigenvalue weighted by Crippen LogP contribution is 2.43. The molecule has 1 aliphatic heterocycles. The number of hydrogen-bond acceptors (Lipinski definition) is 9. The number of rotatable bonds is 9. The fourth-order valence-electron chi connectivity index (χ4n) is 6.49. The monoisotopic (exact) mass is 642 g/mol. The number of benzene rings is 2. The van der Waals surface area contributed by atoms with Crippen molar-refractivity contribution in [3.8, 4) is 28.3 Å². The van der Waals surface area contributed by atoms with Crippen molar-refractivity contribution in [2.45, 2.75) is 44.4 Å². The van der Waals surface area contributed by atoms with Gasteiger partial charge in [-0.05, 0) is 61.1 Å². The number of carbonyl (C=O) groups excluding carboxylic acids is 1. The number of hydrogen-bond donors (Lipinski definition) is 5. The predicted octanol–water partition coefficient (Wildman–Crippen LogP) is 5.65. The molecule has 1 saturated heterocycles. The van der Waals surface area contributed by atoms with E-state index in [1.165, 1.54) is 0 Å². The number of aliphatic hydroxyl groups is 1. The first-order chi connectivity index (χ1) is 22.3. The van der Waals surface area contributed by atoms with Crippen LogP contribution >= 0.6 is 11.6 Å². The molecule has 6 rings (SSSR count). The Hall–Kier alpha value is -4.22. The lowest BCUT2D eigenvalue weighted by Crippen LogP contribution is -2.47. The van der Waals surface area contributed by atoms with Crippen LogP contribution in [0.5, 0.6) is 5.88 Å². The number of amides is 1. The Morgan fingerprint density at radius 3 is 2.61 bits per heavy atom. The molecule has 0 spiro atoms. The van der Waals surface area contributed by atoms with Crippen molar-refractivity contribution in [2.75, 3.05) is 45.1 Å². The SMILES string of the molecule is CNC(=O)c1c(NC)ccnc1Nc1cccc(-c2cccc(-c3cc4c(c(OC)n3)[C@@H](N[C@H]3CCOC[C@H]3O)CC4)c2Cl)c1C. The molecule has 4 aromatic rings. The number of pyridine rings is 2. The summed E-state index contributed by atoms with van der Waals surface area (Å²) in [5.41, 5.74) is 8.39. The summed E-state index contributed by atoms with van der Waals surface area (Å²) in [6, 6.07) is 15.8. The van der Waals surface area contributed by atoms with Gasteiger partial charge in [0.2, 0.25) is 5.88 Å². The quantitative estimate of drug-likeness (QED) is 0.157. The lowest BCUT2D eigenvalue weighted by Gasteiger charge is -2.31. The predicted molar refractivity (Wildman–Crippen MR) is 181 cm³/mol. The summed E-state index contributed by atoms with van der Waals surface area (Å²) in [4.78, 5) is 22.2. The molecule has 2 aromatic carbocycles. The third-order valence-electron chi connectivity index (χ3n) is 8.92. The first kappa shape index (κ1) is 31.7. The number of halogens is 1. The molecule has 3 atom stereocenters. The summed E-state index contributed by atoms with van der Waals surface area (Å²) < 4.78 is 11.2. The van der Waals surface area contributed by atoms with E-state index >= 15 is 0 Å². The molecule has 46 heavy (non-hydrogen) atoms. The smallest absolute Gasteiger partial charge is 0.256 e. The van der Waals surface area contributed by atoms with E-state index in [-0.39, 0.29) is 18.0 Å². The van der Waals surface area contributed by atoms with Gasteiger partial charge in [-0.15, -0.1) is 0 Å². The Morgan fingerprint density at radius 1 is 1.07 bits per heavy atom. The minimum Gasteiger partial charge on any atom is -0.481 e. The van der Waals surface area contributed by atoms with Crippen molar-refractivity contribution < 1.29 is 19.4 Å². The maximum atomic E-state index is 12.7. The van der Waals surface area contributed by atoms with Gasteiger partial charge < -0.3 is 35.8 Å². The molecule has 11 heteroatoms. The van der Waals surface area contributed by atoms with Gasteiger partial charge in [0.15, 0.2) is 0 Å². The van der Waals surface area contributed by atoms with Crippen molar-refractivity contribution in [3.63, 3.8) is 0 Å². The van der Waals surface area contributed by atoms with E-state index in [1.807, 2.05) is 43.3 Å². The fourth-order valence-corrected chi connectivity index (χ4v) is 6.81. The number of nitrogens with one attached hydrogen (secondary N) is 4. The van der Waals surface area contributed by atoms with Crippen molar-refractivity contribution in [3.05, 3.63) is 82.0 Å². The molecular weight excluding hydrogens is 604 g/mol. The summed E-state index contributed by atoms with van der Waals surface area (Å²) >= 11 is 7.18. The van der Waals surface area contributed by atoms with E-state index in [4.69, 9.17) is 26.1 Å². The van der Waals surface area contributed by atoms with Gasteiger partial charge >= 0.3 is 0 Å². The largest absolute Gasteiger partial charge is 0.481 e. The van der Waals surface area contributed by atoms with Crippen LogP contribution < -0.4 is 26.0 Å². The second kappa shape index (κ2) is 13.6. The number of aliphatic hydroxyl groups excluding tert-OH is 1. The number of ether oxygens (including phenoxy) is 2. The molecule has 1 aliphatic carbocycles. The first-order valence-corrected chi connectivity index (χ1v) is 15.9. The molecule has 3 heterocycles. The standard InChI is InChI=1S/C35H39ClN6O4/c1-19-21(7-6-10-24(19)41-33-31(34(44)38-3)26(37-2)13-15-39-33)22-8-5-9-23(32(22)36)28-17-20-11-12-27(30(20)35(42-28)45-4)40-25-14-16-46-18-29(25)43/h5-10,13,15,17,25,27,29,40,43H,11-12,14,16,18H2,1-4H3,(H,38,44)(H2,37,39,41)/t25-,27-,29+/m0/s1. The number of nitrogens with zero attached hydrogens (tertiary/aromatic N) is 2. The van der Waals surface area contributed by atoms with Crippen LogP contribution in [0, 0.1) is 6.92 Å². The van der Waals surface area contributed by atoms with Crippen LogP contribution in [0.4, 0.5) is 17.2 Å². The molecule has 10 nitrogen and oxygen atoms in total. The Morgan fingerprint density at radius 2 is 1.85 bits per heavy atom. The Balaban J connectivity index is 1.33. The Bertz CT molecular complexity index is 1770. The molecule has 0 radical (unpaired) electrons. The van der Waals surface area contributed by atoms with Crippen LogP contribution in [-0.2, 0) is 11.2 Å². The average Bonchev–Trinajstić information content (AvgIpc) is 3.48. The molecule has 5 N–H and O–H groups in total. The van der Waals surface area contributed by atoms with Gasteiger partial charge in [-0.3, -0.25) is 4.79 Å². The fraction of sp³-hybridized carbons (Fsp3) is 0.343. The number of methoxy groups -OCH3 is 1. The molecule has 240 valence electrons. The minimum atomic E-state index is -0.539. The second-order valence-corrected chi connectivity index (χ2v) is 11.9. The average molecular weight is 643 g/mol. The van der Waals surface area contributed by atoms with Crippen LogP contribution in [0.3, 0.4) is 0 Å². The van der Waals surface area contributed by atoms with Gasteiger partial charge in [0.05, 0.1) is 36.2 Å². The summed E-state index contributed by atoms with van der Waals surface area (Å²) in [5, 5.41) is 23.8. The van der Waals surface area contributed by atoms with Crippen LogP contribution in [0.25, 0.3) is 22.4 Å². The number of aromatic nitrogens is 2. The van der Waals surface area contributed by atoms with E-state index < -0.39 is 6.10 Å². The third kappa shape index (κ3) is 6.01. The molecule has 0 bridgehead atoms. The third-order valence-corrected chi connectivity index (χ3v) is 9.33. The van der Waals surface area contributed by atoms with E-state index in [2.05, 4.69) is 32.3 Å². The Kier molecular flexibility index (Phi) is 9.42. The van der Waals surface area contributed by atoms with Crippen LogP contribution in [0.2, 0.25) is 5.02 Å². The normalized spacial score (nSPS) is 19.0. The number of carbonyl (C=O) groups is 1. The van der Waals surface area contributed by atoms with E-state index in [0.717, 1.165) is 64.0 Å². The highest BCUT2D eigenvalue weighted by Gasteiger charge is 2.33. The number of fused-ring (bicyclic) bond motifs is 1. The zero-order valence-corrected chi connectivity index (χ0v) is 27.2. The lowest BCUT2D eigenvalue weighted by atomic mass is 9.96. The highest BCUT2D eigenvalue weighted by molar-refractivity contribution is 6.36. The van der Waals surface area contributed by atoms with Crippen molar-refractivity contribution in [1.82, 2.24) is 20.6 Å². The minimum absolute atomic E-state index is 0.0351. The molecule has 1 amide bonds. The summed E-state index contributed by atoms with van der Waals surface area (Å²) in [7, 11) is 5.01. The van der Waals surface area contributed by atoms with Crippen molar-refractivity contribution in [1.29, 1.82) is 0 Å². The maximum absolute atomic E-state index is 12.7. The molecule has 2 aliphatic rings. The van der Waals surface area contributed by atoms with E-state index in [1.54, 1.807) is 33.5 Å². The summed E-state index contributed by atoms with van der Waals surface area (Å²) in [6.07, 6.45) is 3.63. The number of aryl methyl sites for hydroxylation is 1. The van der Waals surface area contributed by atoms with Gasteiger partial charge in [-0.25, -0.2) is 9.97 Å². The van der Waals surface area contributed by atoms with Crippen molar-refractivity contribution in [2.24, 2.45) is 0 Å². The van der Waals surface area contributed by atoms with Crippen molar-refractivity contribution >= 4 is 34.7 Å². The lowest BCUT2D eigenvalue weighted by molar-refractivity contribution is -0.0304. The van der Waals surface area contributed by atoms with Gasteiger partial charge in [-0.1, -0.05) is 41.9 Å². The highest BCUT2D eigenvalue weighted by atomic mass is 35.5. The first-order valence-electron chi connectivity index (χ1n) is 15.5. The maximum Gasteiger partial charge on any atom is 0.256 e. The van der Waals surface area contributed by atoms with Crippen LogP contribution in [0.1, 0.15) is 45.9 Å². The molecule has 0 unspecified atom stereocenters. The summed E-state index contributed by atoms with van der Waals surface area (Å²) in [6.45, 7) is 2.99. The topological polar surface area (TPSA) is 130 Å². The summed E-state index contributed by atoms with van der Waals surface area (Å²) in [5.74, 6) is 0.765. The van der Waals surface area contributed by atoms with E-state index in [0.29, 0.717) is 41.2 Å². The van der Waals surface area contributed by atoms with Gasteiger partial charge in [0, 0.05) is 61.4 Å². The van der Waals surface area contributed by atoms with E-state index in [9.17, 15) is 9.90 Å². The van der Waals surface area contributed by atoms with Crippen LogP contribution in [0.15, 0.2) is 54.7 Å².